The van der Waals surface area contributed by atoms with Crippen molar-refractivity contribution in [2.75, 3.05) is 0 Å². The molecule has 3 heteroatoms. The number of aliphatic hydroxyl groups is 1. The van der Waals surface area contributed by atoms with Crippen LogP contribution in [0.2, 0.25) is 0 Å². The Kier molecular flexibility index (Phi) is 3.09. The van der Waals surface area contributed by atoms with Gasteiger partial charge in [-0.2, -0.15) is 0 Å². The van der Waals surface area contributed by atoms with Gasteiger partial charge in [0.2, 0.25) is 0 Å². The lowest BCUT2D eigenvalue weighted by atomic mass is 9.95. The summed E-state index contributed by atoms with van der Waals surface area (Å²) in [7, 11) is 0. The number of aliphatic hydroxyl groups excluding tert-OH is 1. The van der Waals surface area contributed by atoms with Crippen molar-refractivity contribution in [3.63, 3.8) is 0 Å². The van der Waals surface area contributed by atoms with E-state index in [0.717, 1.165) is 12.1 Å². The van der Waals surface area contributed by atoms with Gasteiger partial charge in [0.25, 0.3) is 0 Å². The monoisotopic (exact) mass is 257 g/mol. The zero-order valence-corrected chi connectivity index (χ0v) is 10.7. The molecule has 0 radical (unpaired) electrons. The molecule has 3 rings (SSSR count). The summed E-state index contributed by atoms with van der Waals surface area (Å²) in [6.07, 6.45) is -0.737. The van der Waals surface area contributed by atoms with Gasteiger partial charge in [-0.15, -0.1) is 0 Å². The van der Waals surface area contributed by atoms with Crippen LogP contribution in [0.25, 0.3) is 0 Å². The van der Waals surface area contributed by atoms with Gasteiger partial charge in [0.15, 0.2) is 0 Å². The molecule has 2 atom stereocenters. The largest absolute Gasteiger partial charge is 0.386 e. The summed E-state index contributed by atoms with van der Waals surface area (Å²) in [5, 5.41) is 13.7. The summed E-state index contributed by atoms with van der Waals surface area (Å²) >= 11 is 0. The number of aryl methyl sites for hydroxylation is 1. The van der Waals surface area contributed by atoms with Crippen LogP contribution in [-0.4, -0.2) is 5.11 Å². The number of fused-ring (bicyclic) bond motifs is 1. The van der Waals surface area contributed by atoms with Crippen molar-refractivity contribution in [3.05, 3.63) is 70.5 Å². The molecule has 0 saturated carbocycles. The number of nitrogens with one attached hydrogen (secondary N) is 1. The van der Waals surface area contributed by atoms with Crippen LogP contribution in [0.1, 0.15) is 34.4 Å². The van der Waals surface area contributed by atoms with E-state index in [4.69, 9.17) is 0 Å². The second kappa shape index (κ2) is 4.76. The molecule has 2 nitrogen and oxygen atoms in total. The highest BCUT2D eigenvalue weighted by atomic mass is 19.1. The minimum atomic E-state index is -0.737. The molecule has 0 bridgehead atoms. The van der Waals surface area contributed by atoms with Crippen LogP contribution in [0.3, 0.4) is 0 Å². The van der Waals surface area contributed by atoms with Gasteiger partial charge in [0.05, 0.1) is 12.1 Å². The van der Waals surface area contributed by atoms with Crippen LogP contribution in [0.4, 0.5) is 4.39 Å². The van der Waals surface area contributed by atoms with Crippen LogP contribution in [0.5, 0.6) is 0 Å². The lowest BCUT2D eigenvalue weighted by Crippen LogP contribution is -2.20. The van der Waals surface area contributed by atoms with E-state index in [9.17, 15) is 9.50 Å². The maximum atomic E-state index is 13.6. The van der Waals surface area contributed by atoms with Crippen LogP contribution >= 0.6 is 0 Å². The quantitative estimate of drug-likeness (QED) is 0.866. The molecule has 0 spiro atoms. The Morgan fingerprint density at radius 1 is 1.26 bits per heavy atom. The van der Waals surface area contributed by atoms with Crippen molar-refractivity contribution in [3.8, 4) is 0 Å². The first kappa shape index (κ1) is 12.3. The third-order valence-electron chi connectivity index (χ3n) is 3.76. The third-order valence-corrected chi connectivity index (χ3v) is 3.76. The molecule has 0 aromatic heterocycles. The van der Waals surface area contributed by atoms with E-state index in [-0.39, 0.29) is 11.9 Å². The first-order valence-electron chi connectivity index (χ1n) is 6.42. The Labute approximate surface area is 111 Å². The first-order chi connectivity index (χ1) is 9.16. The zero-order chi connectivity index (χ0) is 13.4. The fourth-order valence-electron chi connectivity index (χ4n) is 2.60. The van der Waals surface area contributed by atoms with Gasteiger partial charge in [-0.1, -0.05) is 36.4 Å². The van der Waals surface area contributed by atoms with Gasteiger partial charge in [-0.3, -0.25) is 0 Å². The highest BCUT2D eigenvalue weighted by Gasteiger charge is 2.29. The van der Waals surface area contributed by atoms with Crippen molar-refractivity contribution in [1.29, 1.82) is 0 Å². The van der Waals surface area contributed by atoms with Crippen molar-refractivity contribution < 1.29 is 9.50 Å². The lowest BCUT2D eigenvalue weighted by Gasteiger charge is -2.20. The average Bonchev–Trinajstić information content (AvgIpc) is 2.85. The summed E-state index contributed by atoms with van der Waals surface area (Å²) < 4.78 is 13.6. The standard InChI is InChI=1S/C16H16FNO/c1-10-6-7-11(8-14(10)17)16(19)15-13-5-3-2-4-12(13)9-18-15/h2-8,15-16,18-19H,9H2,1H3. The van der Waals surface area contributed by atoms with Crippen LogP contribution in [-0.2, 0) is 6.54 Å². The summed E-state index contributed by atoms with van der Waals surface area (Å²) in [6.45, 7) is 2.46. The number of hydrogen-bond donors (Lipinski definition) is 2. The summed E-state index contributed by atoms with van der Waals surface area (Å²) in [5.41, 5.74) is 3.49. The Bertz CT molecular complexity index is 611. The average molecular weight is 257 g/mol. The molecule has 2 unspecified atom stereocenters. The van der Waals surface area contributed by atoms with E-state index in [0.29, 0.717) is 11.1 Å². The minimum Gasteiger partial charge on any atom is -0.386 e. The third kappa shape index (κ3) is 2.15. The van der Waals surface area contributed by atoms with E-state index in [1.54, 1.807) is 19.1 Å². The van der Waals surface area contributed by atoms with Gasteiger partial charge in [-0.25, -0.2) is 4.39 Å². The van der Waals surface area contributed by atoms with Gasteiger partial charge in [-0.05, 0) is 35.2 Å². The molecule has 1 heterocycles. The molecule has 2 aromatic rings. The summed E-state index contributed by atoms with van der Waals surface area (Å²) in [6, 6.07) is 12.7. The molecule has 0 amide bonds. The molecule has 19 heavy (non-hydrogen) atoms. The topological polar surface area (TPSA) is 32.3 Å². The smallest absolute Gasteiger partial charge is 0.126 e. The predicted molar refractivity (Wildman–Crippen MR) is 72.1 cm³/mol. The predicted octanol–water partition coefficient (Wildman–Crippen LogP) is 3.01. The van der Waals surface area contributed by atoms with Crippen molar-refractivity contribution in [2.24, 2.45) is 0 Å². The normalized spacial score (nSPS) is 19.2. The van der Waals surface area contributed by atoms with Gasteiger partial charge in [0.1, 0.15) is 5.82 Å². The van der Waals surface area contributed by atoms with Crippen LogP contribution in [0.15, 0.2) is 42.5 Å². The number of hydrogen-bond acceptors (Lipinski definition) is 2. The van der Waals surface area contributed by atoms with Gasteiger partial charge < -0.3 is 10.4 Å². The highest BCUT2D eigenvalue weighted by molar-refractivity contribution is 5.37. The van der Waals surface area contributed by atoms with E-state index in [1.165, 1.54) is 11.6 Å². The first-order valence-corrected chi connectivity index (χ1v) is 6.42. The Hall–Kier alpha value is -1.71. The van der Waals surface area contributed by atoms with Crippen molar-refractivity contribution >= 4 is 0 Å². The zero-order valence-electron chi connectivity index (χ0n) is 10.7. The van der Waals surface area contributed by atoms with Crippen molar-refractivity contribution in [2.45, 2.75) is 25.6 Å². The molecule has 1 aliphatic rings. The lowest BCUT2D eigenvalue weighted by molar-refractivity contribution is 0.133. The molecule has 98 valence electrons. The Morgan fingerprint density at radius 2 is 2.05 bits per heavy atom. The number of benzene rings is 2. The number of rotatable bonds is 2. The molecule has 0 saturated heterocycles. The maximum Gasteiger partial charge on any atom is 0.126 e. The molecule has 1 aliphatic heterocycles. The molecule has 2 N–H and O–H groups in total. The molecule has 0 fully saturated rings. The molecular weight excluding hydrogens is 241 g/mol. The summed E-state index contributed by atoms with van der Waals surface area (Å²) in [4.78, 5) is 0. The van der Waals surface area contributed by atoms with E-state index in [1.807, 2.05) is 24.3 Å². The second-order valence-corrected chi connectivity index (χ2v) is 5.01. The van der Waals surface area contributed by atoms with Gasteiger partial charge >= 0.3 is 0 Å². The Balaban J connectivity index is 1.93. The SMILES string of the molecule is Cc1ccc(C(O)C2NCc3ccccc32)cc1F. The van der Waals surface area contributed by atoms with Crippen LogP contribution < -0.4 is 5.32 Å². The molecule has 0 aliphatic carbocycles. The maximum absolute atomic E-state index is 13.6. The van der Waals surface area contributed by atoms with Gasteiger partial charge in [0, 0.05) is 6.54 Å². The fourth-order valence-corrected chi connectivity index (χ4v) is 2.60. The minimum absolute atomic E-state index is 0.168. The summed E-state index contributed by atoms with van der Waals surface area (Å²) in [5.74, 6) is -0.275. The van der Waals surface area contributed by atoms with Crippen molar-refractivity contribution in [1.82, 2.24) is 5.32 Å². The van der Waals surface area contributed by atoms with Crippen LogP contribution in [0, 0.1) is 12.7 Å². The Morgan fingerprint density at radius 3 is 2.84 bits per heavy atom. The highest BCUT2D eigenvalue weighted by Crippen LogP contribution is 2.35. The second-order valence-electron chi connectivity index (χ2n) is 5.01. The molecular formula is C16H16FNO. The van der Waals surface area contributed by atoms with E-state index < -0.39 is 6.10 Å². The number of halogens is 1. The van der Waals surface area contributed by atoms with E-state index in [2.05, 4.69) is 5.32 Å². The fraction of sp³-hybridized carbons (Fsp3) is 0.250. The molecule has 2 aromatic carbocycles. The van der Waals surface area contributed by atoms with E-state index >= 15 is 0 Å².